The van der Waals surface area contributed by atoms with Crippen molar-refractivity contribution in [2.24, 2.45) is 5.92 Å². The number of aromatic amines is 1. The van der Waals surface area contributed by atoms with E-state index >= 15 is 0 Å². The average molecular weight is 308 g/mol. The summed E-state index contributed by atoms with van der Waals surface area (Å²) in [5.74, 6) is -0.171. The van der Waals surface area contributed by atoms with Crippen LogP contribution in [0.3, 0.4) is 0 Å². The predicted molar refractivity (Wildman–Crippen MR) is 72.8 cm³/mol. The molecule has 1 amide bonds. The van der Waals surface area contributed by atoms with Gasteiger partial charge in [0.2, 0.25) is 0 Å². The van der Waals surface area contributed by atoms with Crippen LogP contribution in [0.25, 0.3) is 0 Å². The summed E-state index contributed by atoms with van der Waals surface area (Å²) in [6, 6.07) is 0. The van der Waals surface area contributed by atoms with E-state index in [-0.39, 0.29) is 16.3 Å². The monoisotopic (exact) mass is 307 g/mol. The number of nitrogens with zero attached hydrogens (tertiary/aromatic N) is 1. The normalized spacial score (nSPS) is 11.8. The zero-order valence-electron chi connectivity index (χ0n) is 11.2. The highest BCUT2D eigenvalue weighted by Gasteiger charge is 2.26. The number of hydrogen-bond acceptors (Lipinski definition) is 4. The van der Waals surface area contributed by atoms with Crippen molar-refractivity contribution in [2.45, 2.75) is 38.5 Å². The van der Waals surface area contributed by atoms with Crippen LogP contribution in [-0.2, 0) is 9.05 Å². The van der Waals surface area contributed by atoms with E-state index in [1.54, 1.807) is 0 Å². The smallest absolute Gasteiger partial charge is 0.273 e. The van der Waals surface area contributed by atoms with Crippen LogP contribution in [0.4, 0.5) is 0 Å². The highest BCUT2D eigenvalue weighted by molar-refractivity contribution is 8.13. The van der Waals surface area contributed by atoms with Crippen molar-refractivity contribution in [2.75, 3.05) is 6.54 Å². The summed E-state index contributed by atoms with van der Waals surface area (Å²) < 4.78 is 22.8. The van der Waals surface area contributed by atoms with Gasteiger partial charge >= 0.3 is 0 Å². The van der Waals surface area contributed by atoms with Crippen molar-refractivity contribution in [3.8, 4) is 0 Å². The number of hydrogen-bond donors (Lipinski definition) is 2. The molecule has 0 aliphatic heterocycles. The summed E-state index contributed by atoms with van der Waals surface area (Å²) in [4.78, 5) is 11.7. The van der Waals surface area contributed by atoms with E-state index in [1.807, 2.05) is 13.8 Å². The Hall–Kier alpha value is -1.08. The van der Waals surface area contributed by atoms with Crippen LogP contribution >= 0.6 is 10.7 Å². The van der Waals surface area contributed by atoms with E-state index in [2.05, 4.69) is 15.5 Å². The predicted octanol–water partition coefficient (Wildman–Crippen LogP) is 1.81. The largest absolute Gasteiger partial charge is 0.350 e. The Morgan fingerprint density at radius 3 is 2.47 bits per heavy atom. The van der Waals surface area contributed by atoms with Crippen LogP contribution in [0.15, 0.2) is 4.90 Å². The Kier molecular flexibility index (Phi) is 5.37. The Morgan fingerprint density at radius 2 is 2.00 bits per heavy atom. The molecule has 1 aromatic rings. The number of halogens is 1. The van der Waals surface area contributed by atoms with Gasteiger partial charge in [0.05, 0.1) is 5.69 Å². The minimum Gasteiger partial charge on any atom is -0.350 e. The molecule has 0 aliphatic carbocycles. The van der Waals surface area contributed by atoms with Gasteiger partial charge in [0.1, 0.15) is 4.90 Å². The molecule has 108 valence electrons. The van der Waals surface area contributed by atoms with E-state index in [4.69, 9.17) is 10.7 Å². The topological polar surface area (TPSA) is 91.9 Å². The molecular formula is C11H18ClN3O3S. The fourth-order valence-corrected chi connectivity index (χ4v) is 3.12. The summed E-state index contributed by atoms with van der Waals surface area (Å²) in [5.41, 5.74) is 0.0705. The van der Waals surface area contributed by atoms with Crippen molar-refractivity contribution in [1.82, 2.24) is 15.5 Å². The molecule has 0 bridgehead atoms. The van der Waals surface area contributed by atoms with Gasteiger partial charge in [-0.1, -0.05) is 26.7 Å². The zero-order valence-corrected chi connectivity index (χ0v) is 12.7. The minimum atomic E-state index is -4.00. The number of nitrogens with one attached hydrogen (secondary N) is 2. The first kappa shape index (κ1) is 16.0. The van der Waals surface area contributed by atoms with Crippen molar-refractivity contribution in [1.29, 1.82) is 0 Å². The third-order valence-electron chi connectivity index (χ3n) is 3.06. The van der Waals surface area contributed by atoms with E-state index in [0.717, 1.165) is 12.8 Å². The van der Waals surface area contributed by atoms with Gasteiger partial charge in [0.25, 0.3) is 15.0 Å². The second-order valence-corrected chi connectivity index (χ2v) is 6.86. The minimum absolute atomic E-state index is 0.182. The molecule has 0 saturated carbocycles. The van der Waals surface area contributed by atoms with Gasteiger partial charge in [-0.05, 0) is 12.8 Å². The first-order valence-electron chi connectivity index (χ1n) is 6.09. The standard InChI is InChI=1S/C11H18ClN3O3S/c1-4-8(5-2)6-13-11(16)9-10(19(12,17)18)7(3)14-15-9/h8H,4-6H2,1-3H3,(H,13,16)(H,14,15). The lowest BCUT2D eigenvalue weighted by Crippen LogP contribution is -2.30. The maximum Gasteiger partial charge on any atom is 0.273 e. The lowest BCUT2D eigenvalue weighted by atomic mass is 10.0. The molecular weight excluding hydrogens is 290 g/mol. The molecule has 2 N–H and O–H groups in total. The molecule has 8 heteroatoms. The van der Waals surface area contributed by atoms with Crippen molar-refractivity contribution >= 4 is 25.6 Å². The van der Waals surface area contributed by atoms with Gasteiger partial charge in [-0.15, -0.1) is 0 Å². The first-order chi connectivity index (χ1) is 8.81. The highest BCUT2D eigenvalue weighted by atomic mass is 35.7. The van der Waals surface area contributed by atoms with Crippen LogP contribution in [0, 0.1) is 12.8 Å². The van der Waals surface area contributed by atoms with Crippen LogP contribution in [0.1, 0.15) is 42.9 Å². The Morgan fingerprint density at radius 1 is 1.42 bits per heavy atom. The average Bonchev–Trinajstić information content (AvgIpc) is 2.72. The molecule has 6 nitrogen and oxygen atoms in total. The molecule has 0 unspecified atom stereocenters. The number of H-pyrrole nitrogens is 1. The SMILES string of the molecule is CCC(CC)CNC(=O)c1n[nH]c(C)c1S(=O)(=O)Cl. The maximum absolute atomic E-state index is 11.9. The number of aromatic nitrogens is 2. The number of rotatable bonds is 6. The summed E-state index contributed by atoms with van der Waals surface area (Å²) in [7, 11) is 1.31. The lowest BCUT2D eigenvalue weighted by Gasteiger charge is -2.12. The second-order valence-electron chi connectivity index (χ2n) is 4.36. The molecule has 0 aliphatic rings. The number of aryl methyl sites for hydroxylation is 1. The third kappa shape index (κ3) is 3.94. The van der Waals surface area contributed by atoms with Crippen LogP contribution in [0.2, 0.25) is 0 Å². The number of carbonyl (C=O) groups excluding carboxylic acids is 1. The number of amides is 1. The zero-order chi connectivity index (χ0) is 14.6. The van der Waals surface area contributed by atoms with E-state index in [0.29, 0.717) is 12.5 Å². The van der Waals surface area contributed by atoms with Crippen molar-refractivity contribution in [3.05, 3.63) is 11.4 Å². The van der Waals surface area contributed by atoms with E-state index in [1.165, 1.54) is 6.92 Å². The van der Waals surface area contributed by atoms with Crippen LogP contribution in [0.5, 0.6) is 0 Å². The number of carbonyl (C=O) groups is 1. The molecule has 0 radical (unpaired) electrons. The van der Waals surface area contributed by atoms with Crippen LogP contribution < -0.4 is 5.32 Å². The molecule has 0 spiro atoms. The molecule has 1 heterocycles. The Bertz CT molecular complexity index is 550. The lowest BCUT2D eigenvalue weighted by molar-refractivity contribution is 0.0938. The van der Waals surface area contributed by atoms with E-state index < -0.39 is 15.0 Å². The quantitative estimate of drug-likeness (QED) is 0.784. The van der Waals surface area contributed by atoms with Crippen LogP contribution in [-0.4, -0.2) is 31.1 Å². The summed E-state index contributed by atoms with van der Waals surface area (Å²) in [6.45, 7) is 6.06. The third-order valence-corrected chi connectivity index (χ3v) is 4.51. The van der Waals surface area contributed by atoms with Crippen molar-refractivity contribution < 1.29 is 13.2 Å². The summed E-state index contributed by atoms with van der Waals surface area (Å²) >= 11 is 0. The van der Waals surface area contributed by atoms with Gasteiger partial charge in [-0.3, -0.25) is 9.89 Å². The second kappa shape index (κ2) is 6.38. The highest BCUT2D eigenvalue weighted by Crippen LogP contribution is 2.21. The molecule has 1 aromatic heterocycles. The molecule has 0 fully saturated rings. The Balaban J connectivity index is 2.90. The molecule has 0 saturated heterocycles. The van der Waals surface area contributed by atoms with Gasteiger partial charge in [0.15, 0.2) is 5.69 Å². The fraction of sp³-hybridized carbons (Fsp3) is 0.636. The summed E-state index contributed by atoms with van der Waals surface area (Å²) in [6.07, 6.45) is 1.88. The fourth-order valence-electron chi connectivity index (χ4n) is 1.77. The molecule has 0 aromatic carbocycles. The van der Waals surface area contributed by atoms with Gasteiger partial charge in [-0.25, -0.2) is 8.42 Å². The summed E-state index contributed by atoms with van der Waals surface area (Å²) in [5, 5.41) is 8.86. The molecule has 1 rings (SSSR count). The van der Waals surface area contributed by atoms with E-state index in [9.17, 15) is 13.2 Å². The first-order valence-corrected chi connectivity index (χ1v) is 8.39. The van der Waals surface area contributed by atoms with Gasteiger partial charge in [-0.2, -0.15) is 5.10 Å². The molecule has 19 heavy (non-hydrogen) atoms. The maximum atomic E-state index is 11.9. The molecule has 0 atom stereocenters. The Labute approximate surface area is 117 Å². The van der Waals surface area contributed by atoms with Gasteiger partial charge in [0, 0.05) is 17.2 Å². The van der Waals surface area contributed by atoms with Gasteiger partial charge < -0.3 is 5.32 Å². The van der Waals surface area contributed by atoms with Crippen molar-refractivity contribution in [3.63, 3.8) is 0 Å².